The molecular formula is C16H21N3O2S. The largest absolute Gasteiger partial charge is 0.369 e. The van der Waals surface area contributed by atoms with Crippen LogP contribution in [0.3, 0.4) is 0 Å². The predicted octanol–water partition coefficient (Wildman–Crippen LogP) is 2.34. The number of nitrogens with zero attached hydrogens (tertiary/aromatic N) is 2. The quantitative estimate of drug-likeness (QED) is 0.939. The Kier molecular flexibility index (Phi) is 4.20. The van der Waals surface area contributed by atoms with E-state index in [1.165, 1.54) is 11.8 Å². The van der Waals surface area contributed by atoms with Crippen LogP contribution in [0.4, 0.5) is 5.69 Å². The fourth-order valence-corrected chi connectivity index (χ4v) is 3.87. The predicted molar refractivity (Wildman–Crippen MR) is 87.8 cm³/mol. The number of sulfone groups is 1. The average molecular weight is 319 g/mol. The Balaban J connectivity index is 1.61. The van der Waals surface area contributed by atoms with Crippen molar-refractivity contribution in [3.05, 3.63) is 47.8 Å². The second kappa shape index (κ2) is 6.12. The molecule has 118 valence electrons. The molecule has 0 spiro atoms. The zero-order valence-corrected chi connectivity index (χ0v) is 13.5. The molecule has 0 atom stereocenters. The maximum Gasteiger partial charge on any atom is 0.151 e. The molecule has 1 aliphatic rings. The van der Waals surface area contributed by atoms with E-state index in [1.807, 2.05) is 24.5 Å². The van der Waals surface area contributed by atoms with Crippen molar-refractivity contribution in [3.8, 4) is 0 Å². The van der Waals surface area contributed by atoms with Crippen LogP contribution in [0.15, 0.2) is 36.7 Å². The van der Waals surface area contributed by atoms with Crippen molar-refractivity contribution in [1.29, 1.82) is 0 Å². The minimum atomic E-state index is -2.96. The Labute approximate surface area is 131 Å². The van der Waals surface area contributed by atoms with Gasteiger partial charge in [0.05, 0.1) is 17.6 Å². The van der Waals surface area contributed by atoms with Crippen molar-refractivity contribution in [2.45, 2.75) is 24.5 Å². The van der Waals surface area contributed by atoms with Gasteiger partial charge < -0.3 is 4.90 Å². The van der Waals surface area contributed by atoms with Gasteiger partial charge in [-0.05, 0) is 29.9 Å². The number of aromatic amines is 1. The van der Waals surface area contributed by atoms with Crippen molar-refractivity contribution in [2.24, 2.45) is 0 Å². The first kappa shape index (κ1) is 15.1. The SMILES string of the molecule is CS(=O)(=O)Cc1ccc(C2CCN(c3cn[nH]c3)CC2)cc1. The van der Waals surface area contributed by atoms with Crippen LogP contribution in [0.25, 0.3) is 0 Å². The molecule has 3 rings (SSSR count). The Morgan fingerprint density at radius 3 is 2.45 bits per heavy atom. The van der Waals surface area contributed by atoms with Gasteiger partial charge in [-0.1, -0.05) is 24.3 Å². The summed E-state index contributed by atoms with van der Waals surface area (Å²) in [5.74, 6) is 0.669. The molecule has 0 radical (unpaired) electrons. The number of rotatable bonds is 4. The molecule has 1 saturated heterocycles. The molecule has 22 heavy (non-hydrogen) atoms. The van der Waals surface area contributed by atoms with Gasteiger partial charge in [-0.15, -0.1) is 0 Å². The van der Waals surface area contributed by atoms with E-state index >= 15 is 0 Å². The van der Waals surface area contributed by atoms with E-state index in [2.05, 4.69) is 27.2 Å². The summed E-state index contributed by atoms with van der Waals surface area (Å²) in [5, 5.41) is 6.85. The van der Waals surface area contributed by atoms with E-state index < -0.39 is 9.84 Å². The first-order valence-corrected chi connectivity index (χ1v) is 9.57. The van der Waals surface area contributed by atoms with Gasteiger partial charge in [0.1, 0.15) is 0 Å². The van der Waals surface area contributed by atoms with Crippen LogP contribution >= 0.6 is 0 Å². The standard InChI is InChI=1S/C16H21N3O2S/c1-22(20,21)12-13-2-4-14(5-3-13)15-6-8-19(9-7-15)16-10-17-18-11-16/h2-5,10-11,15H,6-9,12H2,1H3,(H,17,18). The summed E-state index contributed by atoms with van der Waals surface area (Å²) in [6, 6.07) is 8.05. The molecule has 1 aliphatic heterocycles. The second-order valence-electron chi connectivity index (χ2n) is 6.03. The highest BCUT2D eigenvalue weighted by molar-refractivity contribution is 7.89. The zero-order valence-electron chi connectivity index (χ0n) is 12.7. The Morgan fingerprint density at radius 2 is 1.91 bits per heavy atom. The summed E-state index contributed by atoms with van der Waals surface area (Å²) < 4.78 is 22.6. The van der Waals surface area contributed by atoms with Gasteiger partial charge in [-0.2, -0.15) is 5.10 Å². The van der Waals surface area contributed by atoms with Crippen molar-refractivity contribution in [1.82, 2.24) is 10.2 Å². The van der Waals surface area contributed by atoms with Gasteiger partial charge in [-0.3, -0.25) is 5.10 Å². The monoisotopic (exact) mass is 319 g/mol. The molecule has 0 aliphatic carbocycles. The van der Waals surface area contributed by atoms with Crippen LogP contribution in [-0.2, 0) is 15.6 Å². The highest BCUT2D eigenvalue weighted by Gasteiger charge is 2.21. The lowest BCUT2D eigenvalue weighted by Gasteiger charge is -2.32. The van der Waals surface area contributed by atoms with Crippen LogP contribution in [0.1, 0.15) is 29.9 Å². The molecule has 0 unspecified atom stereocenters. The molecule has 1 fully saturated rings. The van der Waals surface area contributed by atoms with E-state index in [4.69, 9.17) is 0 Å². The highest BCUT2D eigenvalue weighted by atomic mass is 32.2. The molecular weight excluding hydrogens is 298 g/mol. The number of hydrogen-bond acceptors (Lipinski definition) is 4. The van der Waals surface area contributed by atoms with Crippen LogP contribution in [-0.4, -0.2) is 38.0 Å². The van der Waals surface area contributed by atoms with Crippen LogP contribution in [0, 0.1) is 0 Å². The number of aromatic nitrogens is 2. The highest BCUT2D eigenvalue weighted by Crippen LogP contribution is 2.30. The lowest BCUT2D eigenvalue weighted by Crippen LogP contribution is -2.32. The maximum atomic E-state index is 11.3. The van der Waals surface area contributed by atoms with Crippen molar-refractivity contribution in [2.75, 3.05) is 24.2 Å². The number of piperidine rings is 1. The molecule has 5 nitrogen and oxygen atoms in total. The molecule has 6 heteroatoms. The smallest absolute Gasteiger partial charge is 0.151 e. The number of H-pyrrole nitrogens is 1. The van der Waals surface area contributed by atoms with E-state index in [1.54, 1.807) is 0 Å². The summed E-state index contributed by atoms with van der Waals surface area (Å²) in [6.45, 7) is 2.05. The number of benzene rings is 1. The fourth-order valence-electron chi connectivity index (χ4n) is 3.08. The van der Waals surface area contributed by atoms with E-state index in [-0.39, 0.29) is 5.75 Å². The van der Waals surface area contributed by atoms with Gasteiger partial charge in [0, 0.05) is 25.5 Å². The van der Waals surface area contributed by atoms with Gasteiger partial charge in [-0.25, -0.2) is 8.42 Å². The van der Waals surface area contributed by atoms with E-state index in [0.717, 1.165) is 37.2 Å². The van der Waals surface area contributed by atoms with Crippen molar-refractivity contribution < 1.29 is 8.42 Å². The normalized spacial score (nSPS) is 16.9. The average Bonchev–Trinajstić information content (AvgIpc) is 3.01. The number of hydrogen-bond donors (Lipinski definition) is 1. The first-order chi connectivity index (χ1) is 10.5. The zero-order chi connectivity index (χ0) is 15.6. The molecule has 0 saturated carbocycles. The van der Waals surface area contributed by atoms with Gasteiger partial charge in [0.2, 0.25) is 0 Å². The second-order valence-corrected chi connectivity index (χ2v) is 8.17. The van der Waals surface area contributed by atoms with Crippen molar-refractivity contribution >= 4 is 15.5 Å². The Morgan fingerprint density at radius 1 is 1.23 bits per heavy atom. The van der Waals surface area contributed by atoms with Crippen LogP contribution < -0.4 is 4.90 Å². The Bertz CT molecular complexity index is 700. The van der Waals surface area contributed by atoms with Crippen LogP contribution in [0.5, 0.6) is 0 Å². The molecule has 1 aromatic carbocycles. The van der Waals surface area contributed by atoms with E-state index in [0.29, 0.717) is 5.92 Å². The van der Waals surface area contributed by atoms with Crippen molar-refractivity contribution in [3.63, 3.8) is 0 Å². The molecule has 0 bridgehead atoms. The third-order valence-corrected chi connectivity index (χ3v) is 5.08. The van der Waals surface area contributed by atoms with Gasteiger partial charge in [0.25, 0.3) is 0 Å². The minimum absolute atomic E-state index is 0.117. The maximum absolute atomic E-state index is 11.3. The molecule has 1 aromatic heterocycles. The van der Waals surface area contributed by atoms with Gasteiger partial charge in [0.15, 0.2) is 9.84 Å². The summed E-state index contributed by atoms with van der Waals surface area (Å²) in [7, 11) is -2.96. The lowest BCUT2D eigenvalue weighted by molar-refractivity contribution is 0.505. The first-order valence-electron chi connectivity index (χ1n) is 7.51. The van der Waals surface area contributed by atoms with Gasteiger partial charge >= 0.3 is 0 Å². The summed E-state index contributed by atoms with van der Waals surface area (Å²) in [6.07, 6.45) is 7.28. The number of anilines is 1. The molecule has 2 heterocycles. The lowest BCUT2D eigenvalue weighted by atomic mass is 9.89. The Hall–Kier alpha value is -1.82. The fraction of sp³-hybridized carbons (Fsp3) is 0.438. The third-order valence-electron chi connectivity index (χ3n) is 4.22. The van der Waals surface area contributed by atoms with E-state index in [9.17, 15) is 8.42 Å². The molecule has 0 amide bonds. The number of nitrogens with one attached hydrogen (secondary N) is 1. The van der Waals surface area contributed by atoms with Crippen LogP contribution in [0.2, 0.25) is 0 Å². The third kappa shape index (κ3) is 3.68. The molecule has 1 N–H and O–H groups in total. The summed E-state index contributed by atoms with van der Waals surface area (Å²) in [4.78, 5) is 2.35. The summed E-state index contributed by atoms with van der Waals surface area (Å²) >= 11 is 0. The summed E-state index contributed by atoms with van der Waals surface area (Å²) in [5.41, 5.74) is 3.33. The minimum Gasteiger partial charge on any atom is -0.369 e. The topological polar surface area (TPSA) is 66.1 Å². The molecule has 2 aromatic rings.